The molecule has 0 bridgehead atoms. The van der Waals surface area contributed by atoms with Gasteiger partial charge in [-0.2, -0.15) is 0 Å². The highest BCUT2D eigenvalue weighted by molar-refractivity contribution is 9.10. The predicted octanol–water partition coefficient (Wildman–Crippen LogP) is 3.70. The summed E-state index contributed by atoms with van der Waals surface area (Å²) < 4.78 is 0.957. The van der Waals surface area contributed by atoms with Gasteiger partial charge in [-0.25, -0.2) is 10.3 Å². The molecule has 0 heterocycles. The third-order valence-corrected chi connectivity index (χ3v) is 2.88. The van der Waals surface area contributed by atoms with Crippen molar-refractivity contribution in [3.05, 3.63) is 64.6 Å². The Kier molecular flexibility index (Phi) is 4.94. The number of anilines is 1. The number of hydrogen-bond acceptors (Lipinski definition) is 2. The number of rotatable bonds is 4. The average molecular weight is 321 g/mol. The monoisotopic (exact) mass is 320 g/mol. The first kappa shape index (κ1) is 13.6. The van der Waals surface area contributed by atoms with Crippen molar-refractivity contribution in [1.29, 1.82) is 0 Å². The molecule has 19 heavy (non-hydrogen) atoms. The lowest BCUT2D eigenvalue weighted by molar-refractivity contribution is 0.0536. The van der Waals surface area contributed by atoms with Crippen LogP contribution >= 0.6 is 15.9 Å². The van der Waals surface area contributed by atoms with E-state index >= 15 is 0 Å². The molecule has 0 radical (unpaired) electrons. The minimum absolute atomic E-state index is 0.328. The summed E-state index contributed by atoms with van der Waals surface area (Å²) in [5.41, 5.74) is 4.02. The highest BCUT2D eigenvalue weighted by Crippen LogP contribution is 2.13. The Morgan fingerprint density at radius 1 is 1.05 bits per heavy atom. The molecular weight excluding hydrogens is 308 g/mol. The van der Waals surface area contributed by atoms with Gasteiger partial charge in [0.2, 0.25) is 0 Å². The number of amides is 2. The summed E-state index contributed by atoms with van der Waals surface area (Å²) in [7, 11) is 0. The van der Waals surface area contributed by atoms with Crippen molar-refractivity contribution in [3.63, 3.8) is 0 Å². The molecule has 0 aromatic heterocycles. The van der Waals surface area contributed by atoms with Crippen LogP contribution in [0.4, 0.5) is 10.5 Å². The van der Waals surface area contributed by atoms with Crippen molar-refractivity contribution in [2.75, 3.05) is 5.32 Å². The van der Waals surface area contributed by atoms with Crippen molar-refractivity contribution in [2.24, 2.45) is 0 Å². The molecular formula is C14H13BrN2O2. The number of hydroxylamine groups is 1. The molecule has 2 amide bonds. The van der Waals surface area contributed by atoms with Gasteiger partial charge >= 0.3 is 6.03 Å². The molecule has 2 aromatic rings. The Hall–Kier alpha value is -1.85. The molecule has 0 aliphatic carbocycles. The van der Waals surface area contributed by atoms with Crippen molar-refractivity contribution in [3.8, 4) is 0 Å². The molecule has 0 spiro atoms. The van der Waals surface area contributed by atoms with Crippen molar-refractivity contribution < 1.29 is 9.63 Å². The van der Waals surface area contributed by atoms with E-state index in [9.17, 15) is 4.79 Å². The third kappa shape index (κ3) is 4.73. The standard InChI is InChI=1S/C14H13BrN2O2/c15-12-6-8-13(9-7-12)16-14(18)17-19-10-11-4-2-1-3-5-11/h1-9H,10H2,(H2,16,17,18). The lowest BCUT2D eigenvalue weighted by Gasteiger charge is -2.08. The first-order valence-electron chi connectivity index (χ1n) is 5.72. The molecule has 98 valence electrons. The number of nitrogens with one attached hydrogen (secondary N) is 2. The second kappa shape index (κ2) is 6.92. The number of halogens is 1. The number of benzene rings is 2. The summed E-state index contributed by atoms with van der Waals surface area (Å²) in [6.45, 7) is 0.328. The van der Waals surface area contributed by atoms with Gasteiger partial charge in [0.15, 0.2) is 0 Å². The number of carbonyl (C=O) groups excluding carboxylic acids is 1. The van der Waals surface area contributed by atoms with Crippen LogP contribution < -0.4 is 10.8 Å². The summed E-state index contributed by atoms with van der Waals surface area (Å²) in [5, 5.41) is 2.66. The van der Waals surface area contributed by atoms with Gasteiger partial charge in [-0.15, -0.1) is 0 Å². The van der Waals surface area contributed by atoms with Crippen LogP contribution in [0.3, 0.4) is 0 Å². The van der Waals surface area contributed by atoms with Crippen LogP contribution in [0.5, 0.6) is 0 Å². The van der Waals surface area contributed by atoms with Crippen LogP contribution in [0.1, 0.15) is 5.56 Å². The van der Waals surface area contributed by atoms with E-state index in [0.717, 1.165) is 10.0 Å². The quantitative estimate of drug-likeness (QED) is 0.844. The molecule has 0 atom stereocenters. The highest BCUT2D eigenvalue weighted by Gasteiger charge is 2.01. The second-order valence-corrected chi connectivity index (χ2v) is 4.75. The molecule has 2 rings (SSSR count). The Labute approximate surface area is 119 Å². The predicted molar refractivity (Wildman–Crippen MR) is 77.5 cm³/mol. The lowest BCUT2D eigenvalue weighted by Crippen LogP contribution is -2.28. The van der Waals surface area contributed by atoms with E-state index in [2.05, 4.69) is 26.7 Å². The van der Waals surface area contributed by atoms with Crippen LogP contribution in [0.15, 0.2) is 59.1 Å². The van der Waals surface area contributed by atoms with Crippen molar-refractivity contribution in [1.82, 2.24) is 5.48 Å². The molecule has 0 fully saturated rings. The molecule has 0 unspecified atom stereocenters. The fourth-order valence-electron chi connectivity index (χ4n) is 1.45. The molecule has 2 aromatic carbocycles. The molecule has 0 saturated carbocycles. The van der Waals surface area contributed by atoms with Gasteiger partial charge in [-0.3, -0.25) is 4.84 Å². The minimum Gasteiger partial charge on any atom is -0.306 e. The van der Waals surface area contributed by atoms with Gasteiger partial charge in [0, 0.05) is 10.2 Å². The fraction of sp³-hybridized carbons (Fsp3) is 0.0714. The molecule has 4 nitrogen and oxygen atoms in total. The molecule has 0 saturated heterocycles. The summed E-state index contributed by atoms with van der Waals surface area (Å²) in [4.78, 5) is 16.6. The van der Waals surface area contributed by atoms with E-state index in [4.69, 9.17) is 4.84 Å². The first-order chi connectivity index (χ1) is 9.24. The van der Waals surface area contributed by atoms with Crippen LogP contribution in [0, 0.1) is 0 Å². The Morgan fingerprint density at radius 3 is 2.42 bits per heavy atom. The fourth-order valence-corrected chi connectivity index (χ4v) is 1.71. The Bertz CT molecular complexity index is 529. The van der Waals surface area contributed by atoms with Crippen LogP contribution in [0.25, 0.3) is 0 Å². The zero-order chi connectivity index (χ0) is 13.5. The average Bonchev–Trinajstić information content (AvgIpc) is 2.43. The van der Waals surface area contributed by atoms with E-state index < -0.39 is 6.03 Å². The Morgan fingerprint density at radius 2 is 1.74 bits per heavy atom. The molecule has 5 heteroatoms. The SMILES string of the molecule is O=C(NOCc1ccccc1)Nc1ccc(Br)cc1. The van der Waals surface area contributed by atoms with Crippen LogP contribution in [-0.4, -0.2) is 6.03 Å². The van der Waals surface area contributed by atoms with Crippen molar-refractivity contribution in [2.45, 2.75) is 6.61 Å². The van der Waals surface area contributed by atoms with Gasteiger partial charge in [0.05, 0.1) is 6.61 Å². The van der Waals surface area contributed by atoms with Gasteiger partial charge < -0.3 is 5.32 Å². The zero-order valence-electron chi connectivity index (χ0n) is 10.1. The summed E-state index contributed by atoms with van der Waals surface area (Å²) >= 11 is 3.33. The summed E-state index contributed by atoms with van der Waals surface area (Å²) in [5.74, 6) is 0. The zero-order valence-corrected chi connectivity index (χ0v) is 11.7. The number of hydrogen-bond donors (Lipinski definition) is 2. The largest absolute Gasteiger partial charge is 0.343 e. The van der Waals surface area contributed by atoms with E-state index in [1.165, 1.54) is 0 Å². The maximum absolute atomic E-state index is 11.5. The van der Waals surface area contributed by atoms with Crippen molar-refractivity contribution >= 4 is 27.6 Å². The van der Waals surface area contributed by atoms with Gasteiger partial charge in [-0.1, -0.05) is 46.3 Å². The molecule has 0 aliphatic rings. The summed E-state index contributed by atoms with van der Waals surface area (Å²) in [6, 6.07) is 16.5. The normalized spacial score (nSPS) is 9.95. The van der Waals surface area contributed by atoms with E-state index in [-0.39, 0.29) is 0 Å². The number of carbonyl (C=O) groups is 1. The maximum atomic E-state index is 11.5. The smallest absolute Gasteiger partial charge is 0.306 e. The van der Waals surface area contributed by atoms with Crippen LogP contribution in [-0.2, 0) is 11.4 Å². The van der Waals surface area contributed by atoms with E-state index in [0.29, 0.717) is 12.3 Å². The van der Waals surface area contributed by atoms with Gasteiger partial charge in [-0.05, 0) is 29.8 Å². The van der Waals surface area contributed by atoms with E-state index in [1.54, 1.807) is 12.1 Å². The summed E-state index contributed by atoms with van der Waals surface area (Å²) in [6.07, 6.45) is 0. The third-order valence-electron chi connectivity index (χ3n) is 2.35. The lowest BCUT2D eigenvalue weighted by atomic mass is 10.2. The second-order valence-electron chi connectivity index (χ2n) is 3.84. The van der Waals surface area contributed by atoms with Gasteiger partial charge in [0.1, 0.15) is 0 Å². The van der Waals surface area contributed by atoms with Crippen LogP contribution in [0.2, 0.25) is 0 Å². The van der Waals surface area contributed by atoms with Gasteiger partial charge in [0.25, 0.3) is 0 Å². The Balaban J connectivity index is 1.74. The topological polar surface area (TPSA) is 50.4 Å². The first-order valence-corrected chi connectivity index (χ1v) is 6.51. The maximum Gasteiger partial charge on any atom is 0.343 e. The number of urea groups is 1. The van der Waals surface area contributed by atoms with E-state index in [1.807, 2.05) is 42.5 Å². The highest BCUT2D eigenvalue weighted by atomic mass is 79.9. The molecule has 0 aliphatic heterocycles. The minimum atomic E-state index is -0.404. The molecule has 2 N–H and O–H groups in total.